The molecule has 0 fully saturated rings. The number of nitrogens with zero attached hydrogens (tertiary/aromatic N) is 3. The molecule has 0 radical (unpaired) electrons. The van der Waals surface area contributed by atoms with Gasteiger partial charge >= 0.3 is 0 Å². The number of hydrogen-bond acceptors (Lipinski definition) is 4. The van der Waals surface area contributed by atoms with Crippen LogP contribution in [0.3, 0.4) is 0 Å². The predicted molar refractivity (Wildman–Crippen MR) is 111 cm³/mol. The standard InChI is InChI=1S/C22H27N5O/c1-3-23-22(25-16-21-26-17(2)28-27-21)24-15-20(19-12-8-5-9-13-19)14-18-10-6-4-7-11-18/h4-13,20H,3,14-16H2,1-2H3,(H2,23,24,25). The fourth-order valence-electron chi connectivity index (χ4n) is 3.05. The quantitative estimate of drug-likeness (QED) is 0.464. The van der Waals surface area contributed by atoms with E-state index in [0.29, 0.717) is 24.2 Å². The second-order valence-corrected chi connectivity index (χ2v) is 6.60. The Hall–Kier alpha value is -3.15. The first-order chi connectivity index (χ1) is 13.7. The van der Waals surface area contributed by atoms with Crippen LogP contribution in [0.25, 0.3) is 0 Å². The predicted octanol–water partition coefficient (Wildman–Crippen LogP) is 3.46. The van der Waals surface area contributed by atoms with E-state index in [1.807, 2.05) is 6.92 Å². The van der Waals surface area contributed by atoms with Crippen LogP contribution in [0.5, 0.6) is 0 Å². The molecule has 0 aliphatic heterocycles. The SMILES string of the molecule is CCNC(=NCc1noc(C)n1)NCC(Cc1ccccc1)c1ccccc1. The van der Waals surface area contributed by atoms with E-state index in [4.69, 9.17) is 4.52 Å². The summed E-state index contributed by atoms with van der Waals surface area (Å²) in [6, 6.07) is 21.2. The summed E-state index contributed by atoms with van der Waals surface area (Å²) in [7, 11) is 0. The van der Waals surface area contributed by atoms with Crippen molar-refractivity contribution in [2.75, 3.05) is 13.1 Å². The lowest BCUT2D eigenvalue weighted by Crippen LogP contribution is -2.39. The van der Waals surface area contributed by atoms with Crippen molar-refractivity contribution in [2.24, 2.45) is 4.99 Å². The fourth-order valence-corrected chi connectivity index (χ4v) is 3.05. The average Bonchev–Trinajstić information content (AvgIpc) is 3.15. The van der Waals surface area contributed by atoms with Gasteiger partial charge in [-0.05, 0) is 24.5 Å². The molecule has 2 aromatic carbocycles. The van der Waals surface area contributed by atoms with Gasteiger partial charge in [-0.1, -0.05) is 65.8 Å². The third-order valence-electron chi connectivity index (χ3n) is 4.40. The molecule has 3 rings (SSSR count). The summed E-state index contributed by atoms with van der Waals surface area (Å²) < 4.78 is 5.01. The van der Waals surface area contributed by atoms with Crippen molar-refractivity contribution < 1.29 is 4.52 Å². The highest BCUT2D eigenvalue weighted by atomic mass is 16.5. The molecule has 146 valence electrons. The first-order valence-electron chi connectivity index (χ1n) is 9.65. The van der Waals surface area contributed by atoms with Gasteiger partial charge in [0.05, 0.1) is 0 Å². The Morgan fingerprint density at radius 2 is 1.75 bits per heavy atom. The maximum Gasteiger partial charge on any atom is 0.223 e. The molecule has 0 saturated heterocycles. The van der Waals surface area contributed by atoms with Crippen molar-refractivity contribution in [1.82, 2.24) is 20.8 Å². The van der Waals surface area contributed by atoms with E-state index >= 15 is 0 Å². The Morgan fingerprint density at radius 3 is 2.39 bits per heavy atom. The van der Waals surface area contributed by atoms with Crippen LogP contribution in [0.1, 0.15) is 35.7 Å². The molecule has 1 aromatic heterocycles. The zero-order valence-corrected chi connectivity index (χ0v) is 16.4. The second kappa shape index (κ2) is 10.3. The maximum absolute atomic E-state index is 5.01. The molecule has 0 saturated carbocycles. The number of hydrogen-bond donors (Lipinski definition) is 2. The second-order valence-electron chi connectivity index (χ2n) is 6.60. The molecular formula is C22H27N5O. The summed E-state index contributed by atoms with van der Waals surface area (Å²) in [5.41, 5.74) is 2.63. The molecule has 3 aromatic rings. The zero-order chi connectivity index (χ0) is 19.6. The van der Waals surface area contributed by atoms with Crippen LogP contribution < -0.4 is 10.6 Å². The van der Waals surface area contributed by atoms with Gasteiger partial charge in [0.15, 0.2) is 11.8 Å². The van der Waals surface area contributed by atoms with Gasteiger partial charge in [0.2, 0.25) is 5.89 Å². The van der Waals surface area contributed by atoms with Crippen LogP contribution in [0, 0.1) is 6.92 Å². The van der Waals surface area contributed by atoms with Crippen LogP contribution in [-0.2, 0) is 13.0 Å². The van der Waals surface area contributed by atoms with Crippen LogP contribution >= 0.6 is 0 Å². The van der Waals surface area contributed by atoms with Gasteiger partial charge in [0, 0.05) is 25.9 Å². The summed E-state index contributed by atoms with van der Waals surface area (Å²) in [5.74, 6) is 2.22. The molecule has 6 nitrogen and oxygen atoms in total. The van der Waals surface area contributed by atoms with Gasteiger partial charge in [-0.2, -0.15) is 4.98 Å². The minimum absolute atomic E-state index is 0.333. The summed E-state index contributed by atoms with van der Waals surface area (Å²) in [4.78, 5) is 8.78. The lowest BCUT2D eigenvalue weighted by molar-refractivity contribution is 0.387. The maximum atomic E-state index is 5.01. The summed E-state index contributed by atoms with van der Waals surface area (Å²) in [6.45, 7) is 5.76. The van der Waals surface area contributed by atoms with Crippen LogP contribution in [0.4, 0.5) is 0 Å². The highest BCUT2D eigenvalue weighted by Crippen LogP contribution is 2.20. The summed E-state index contributed by atoms with van der Waals surface area (Å²) in [6.07, 6.45) is 0.960. The number of rotatable bonds is 8. The molecule has 0 bridgehead atoms. The minimum Gasteiger partial charge on any atom is -0.357 e. The lowest BCUT2D eigenvalue weighted by atomic mass is 9.92. The molecule has 28 heavy (non-hydrogen) atoms. The molecule has 6 heteroatoms. The van der Waals surface area contributed by atoms with Gasteiger partial charge in [-0.15, -0.1) is 0 Å². The van der Waals surface area contributed by atoms with Crippen molar-refractivity contribution in [3.63, 3.8) is 0 Å². The smallest absolute Gasteiger partial charge is 0.223 e. The van der Waals surface area contributed by atoms with Crippen LogP contribution in [0.2, 0.25) is 0 Å². The Labute approximate surface area is 166 Å². The van der Waals surface area contributed by atoms with Crippen LogP contribution in [-0.4, -0.2) is 29.2 Å². The Kier molecular flexibility index (Phi) is 7.18. The molecule has 0 aliphatic rings. The van der Waals surface area contributed by atoms with Crippen molar-refractivity contribution in [3.05, 3.63) is 83.5 Å². The van der Waals surface area contributed by atoms with Crippen molar-refractivity contribution in [2.45, 2.75) is 32.7 Å². The first kappa shape index (κ1) is 19.6. The third kappa shape index (κ3) is 5.94. The zero-order valence-electron chi connectivity index (χ0n) is 16.4. The first-order valence-corrected chi connectivity index (χ1v) is 9.65. The molecular weight excluding hydrogens is 350 g/mol. The Balaban J connectivity index is 1.69. The summed E-state index contributed by atoms with van der Waals surface area (Å²) >= 11 is 0. The number of aryl methyl sites for hydroxylation is 1. The van der Waals surface area contributed by atoms with Gasteiger partial charge in [0.25, 0.3) is 0 Å². The minimum atomic E-state index is 0.333. The summed E-state index contributed by atoms with van der Waals surface area (Å²) in [5, 5.41) is 10.7. The number of benzene rings is 2. The van der Waals surface area contributed by atoms with Crippen LogP contribution in [0.15, 0.2) is 70.2 Å². The van der Waals surface area contributed by atoms with E-state index in [-0.39, 0.29) is 0 Å². The normalized spacial score (nSPS) is 12.6. The van der Waals surface area contributed by atoms with Gasteiger partial charge in [-0.25, -0.2) is 4.99 Å². The molecule has 1 heterocycles. The van der Waals surface area contributed by atoms with E-state index in [9.17, 15) is 0 Å². The average molecular weight is 377 g/mol. The van der Waals surface area contributed by atoms with E-state index in [2.05, 4.69) is 86.4 Å². The molecule has 0 amide bonds. The number of guanidine groups is 1. The number of aliphatic imine (C=N–C) groups is 1. The number of nitrogens with one attached hydrogen (secondary N) is 2. The van der Waals surface area contributed by atoms with Gasteiger partial charge in [0.1, 0.15) is 6.54 Å². The molecule has 0 spiro atoms. The Morgan fingerprint density at radius 1 is 1.04 bits per heavy atom. The third-order valence-corrected chi connectivity index (χ3v) is 4.40. The largest absolute Gasteiger partial charge is 0.357 e. The molecule has 0 aliphatic carbocycles. The van der Waals surface area contributed by atoms with Crippen molar-refractivity contribution in [1.29, 1.82) is 0 Å². The topological polar surface area (TPSA) is 75.3 Å². The van der Waals surface area contributed by atoms with Crippen molar-refractivity contribution in [3.8, 4) is 0 Å². The molecule has 1 atom stereocenters. The van der Waals surface area contributed by atoms with Gasteiger partial charge < -0.3 is 15.2 Å². The fraction of sp³-hybridized carbons (Fsp3) is 0.318. The lowest BCUT2D eigenvalue weighted by Gasteiger charge is -2.20. The monoisotopic (exact) mass is 377 g/mol. The highest BCUT2D eigenvalue weighted by molar-refractivity contribution is 5.79. The van der Waals surface area contributed by atoms with E-state index in [0.717, 1.165) is 25.5 Å². The molecule has 2 N–H and O–H groups in total. The van der Waals surface area contributed by atoms with E-state index in [1.54, 1.807) is 6.92 Å². The molecule has 1 unspecified atom stereocenters. The Bertz CT molecular complexity index is 861. The van der Waals surface area contributed by atoms with Gasteiger partial charge in [-0.3, -0.25) is 0 Å². The van der Waals surface area contributed by atoms with E-state index < -0.39 is 0 Å². The number of aromatic nitrogens is 2. The van der Waals surface area contributed by atoms with E-state index in [1.165, 1.54) is 11.1 Å². The van der Waals surface area contributed by atoms with Crippen molar-refractivity contribution >= 4 is 5.96 Å². The highest BCUT2D eigenvalue weighted by Gasteiger charge is 2.13.